The average Bonchev–Trinajstić information content (AvgIpc) is 3.06. The molecule has 3 heterocycles. The molecule has 5 heteroatoms. The molecule has 0 bridgehead atoms. The highest BCUT2D eigenvalue weighted by Gasteiger charge is 2.43. The fraction of sp³-hybridized carbons (Fsp3) is 0.625. The van der Waals surface area contributed by atoms with Gasteiger partial charge in [0.25, 0.3) is 0 Å². The van der Waals surface area contributed by atoms with Crippen molar-refractivity contribution in [2.75, 3.05) is 6.61 Å². The minimum Gasteiger partial charge on any atom is -0.376 e. The molecule has 2 aromatic rings. The zero-order valence-corrected chi connectivity index (χ0v) is 13.2. The van der Waals surface area contributed by atoms with E-state index in [9.17, 15) is 0 Å². The second-order valence-corrected chi connectivity index (χ2v) is 6.99. The van der Waals surface area contributed by atoms with Crippen LogP contribution in [0, 0.1) is 12.8 Å². The number of aryl methyl sites for hydroxylation is 1. The van der Waals surface area contributed by atoms with E-state index in [0.717, 1.165) is 35.6 Å². The number of fused-ring (bicyclic) bond motifs is 1. The van der Waals surface area contributed by atoms with Gasteiger partial charge in [0.05, 0.1) is 17.5 Å². The van der Waals surface area contributed by atoms with Crippen molar-refractivity contribution in [1.82, 2.24) is 14.5 Å². The van der Waals surface area contributed by atoms with Crippen LogP contribution in [0.5, 0.6) is 0 Å². The number of hydrogen-bond donors (Lipinski definition) is 0. The number of halogens is 1. The Hall–Kier alpha value is -1.13. The van der Waals surface area contributed by atoms with Crippen LogP contribution in [-0.2, 0) is 4.74 Å². The highest BCUT2D eigenvalue weighted by atomic mass is 35.5. The van der Waals surface area contributed by atoms with Gasteiger partial charge in [-0.25, -0.2) is 9.97 Å². The van der Waals surface area contributed by atoms with Crippen LogP contribution in [0.4, 0.5) is 0 Å². The summed E-state index contributed by atoms with van der Waals surface area (Å²) in [6.07, 6.45) is 5.81. The largest absolute Gasteiger partial charge is 0.376 e. The van der Waals surface area contributed by atoms with Gasteiger partial charge in [0, 0.05) is 12.8 Å². The number of nitrogens with zero attached hydrogens (tertiary/aromatic N) is 3. The minimum atomic E-state index is -0.125. The lowest BCUT2D eigenvalue weighted by molar-refractivity contribution is 0.0752. The molecule has 21 heavy (non-hydrogen) atoms. The van der Waals surface area contributed by atoms with Crippen LogP contribution in [0.1, 0.15) is 49.0 Å². The lowest BCUT2D eigenvalue weighted by Crippen LogP contribution is -2.24. The van der Waals surface area contributed by atoms with Crippen LogP contribution in [0.3, 0.4) is 0 Å². The number of imidazole rings is 1. The van der Waals surface area contributed by atoms with Crippen LogP contribution < -0.4 is 0 Å². The molecule has 1 aliphatic carbocycles. The molecule has 3 atom stereocenters. The third kappa shape index (κ3) is 2.25. The number of alkyl halides is 1. The van der Waals surface area contributed by atoms with E-state index in [2.05, 4.69) is 15.6 Å². The van der Waals surface area contributed by atoms with Gasteiger partial charge in [-0.3, -0.25) is 0 Å². The van der Waals surface area contributed by atoms with Crippen LogP contribution in [0.2, 0.25) is 0 Å². The highest BCUT2D eigenvalue weighted by molar-refractivity contribution is 6.20. The molecule has 0 N–H and O–H groups in total. The van der Waals surface area contributed by atoms with E-state index in [1.165, 1.54) is 12.8 Å². The Morgan fingerprint density at radius 3 is 2.90 bits per heavy atom. The van der Waals surface area contributed by atoms with Gasteiger partial charge in [-0.2, -0.15) is 0 Å². The molecule has 4 nitrogen and oxygen atoms in total. The predicted octanol–water partition coefficient (Wildman–Crippen LogP) is 3.78. The molecule has 1 saturated heterocycles. The normalized spacial score (nSPS) is 27.4. The monoisotopic (exact) mass is 305 g/mol. The van der Waals surface area contributed by atoms with E-state index >= 15 is 0 Å². The number of ether oxygens (including phenoxy) is 1. The molecule has 1 aliphatic heterocycles. The molecule has 2 aliphatic rings. The first-order valence-corrected chi connectivity index (χ1v) is 8.19. The molecule has 1 saturated carbocycles. The third-order valence-corrected chi connectivity index (χ3v) is 4.77. The summed E-state index contributed by atoms with van der Waals surface area (Å²) < 4.78 is 8.25. The third-order valence-electron chi connectivity index (χ3n) is 4.57. The summed E-state index contributed by atoms with van der Waals surface area (Å²) >= 11 is 6.39. The zero-order valence-electron chi connectivity index (χ0n) is 12.4. The molecule has 4 rings (SSSR count). The van der Waals surface area contributed by atoms with Crippen molar-refractivity contribution in [1.29, 1.82) is 0 Å². The second-order valence-electron chi connectivity index (χ2n) is 6.34. The molecule has 0 amide bonds. The van der Waals surface area contributed by atoms with Gasteiger partial charge in [-0.05, 0) is 50.7 Å². The van der Waals surface area contributed by atoms with Crippen molar-refractivity contribution in [3.8, 4) is 0 Å². The number of aromatic nitrogens is 3. The van der Waals surface area contributed by atoms with Gasteiger partial charge in [0.1, 0.15) is 11.3 Å². The van der Waals surface area contributed by atoms with Crippen LogP contribution in [0.15, 0.2) is 12.3 Å². The highest BCUT2D eigenvalue weighted by Crippen LogP contribution is 2.45. The smallest absolute Gasteiger partial charge is 0.160 e. The van der Waals surface area contributed by atoms with Crippen molar-refractivity contribution in [3.05, 3.63) is 23.7 Å². The summed E-state index contributed by atoms with van der Waals surface area (Å²) in [7, 11) is 0. The van der Waals surface area contributed by atoms with Gasteiger partial charge in [-0.1, -0.05) is 0 Å². The first kappa shape index (κ1) is 13.5. The second kappa shape index (κ2) is 4.96. The summed E-state index contributed by atoms with van der Waals surface area (Å²) in [5.74, 6) is 1.63. The molecule has 0 spiro atoms. The summed E-state index contributed by atoms with van der Waals surface area (Å²) in [6.45, 7) is 4.85. The van der Waals surface area contributed by atoms with E-state index in [1.54, 1.807) is 0 Å². The van der Waals surface area contributed by atoms with Crippen LogP contribution >= 0.6 is 11.6 Å². The Bertz CT molecular complexity index is 677. The number of rotatable bonds is 3. The van der Waals surface area contributed by atoms with E-state index in [4.69, 9.17) is 21.3 Å². The van der Waals surface area contributed by atoms with Crippen molar-refractivity contribution in [3.63, 3.8) is 0 Å². The Kier molecular flexibility index (Phi) is 3.19. The Morgan fingerprint density at radius 1 is 1.38 bits per heavy atom. The van der Waals surface area contributed by atoms with Crippen LogP contribution in [-0.4, -0.2) is 27.2 Å². The first-order valence-electron chi connectivity index (χ1n) is 7.75. The van der Waals surface area contributed by atoms with E-state index in [0.29, 0.717) is 18.1 Å². The van der Waals surface area contributed by atoms with E-state index < -0.39 is 0 Å². The van der Waals surface area contributed by atoms with Crippen molar-refractivity contribution < 1.29 is 4.74 Å². The van der Waals surface area contributed by atoms with Crippen LogP contribution in [0.25, 0.3) is 11.2 Å². The minimum absolute atomic E-state index is 0.125. The lowest BCUT2D eigenvalue weighted by Gasteiger charge is -2.22. The maximum atomic E-state index is 6.39. The molecular weight excluding hydrogens is 286 g/mol. The molecule has 0 radical (unpaired) electrons. The SMILES string of the molecule is Cc1cnc2c(c1)nc(C(C)Cl)n2C1CCOC1C1CC1. The number of hydrogen-bond acceptors (Lipinski definition) is 3. The summed E-state index contributed by atoms with van der Waals surface area (Å²) in [6, 6.07) is 2.41. The van der Waals surface area contributed by atoms with Crippen molar-refractivity contribution in [2.45, 2.75) is 50.6 Å². The molecular formula is C16H20ClN3O. The predicted molar refractivity (Wildman–Crippen MR) is 82.7 cm³/mol. The Labute approximate surface area is 129 Å². The first-order chi connectivity index (χ1) is 10.1. The Morgan fingerprint density at radius 2 is 2.19 bits per heavy atom. The maximum absolute atomic E-state index is 6.39. The summed E-state index contributed by atoms with van der Waals surface area (Å²) in [5, 5.41) is -0.125. The maximum Gasteiger partial charge on any atom is 0.160 e. The average molecular weight is 306 g/mol. The summed E-state index contributed by atoms with van der Waals surface area (Å²) in [4.78, 5) is 9.37. The Balaban J connectivity index is 1.87. The molecule has 2 fully saturated rings. The quantitative estimate of drug-likeness (QED) is 0.810. The van der Waals surface area contributed by atoms with Crippen molar-refractivity contribution >= 4 is 22.8 Å². The van der Waals surface area contributed by atoms with E-state index in [-0.39, 0.29) is 5.38 Å². The van der Waals surface area contributed by atoms with Gasteiger partial charge < -0.3 is 9.30 Å². The lowest BCUT2D eigenvalue weighted by atomic mass is 10.1. The van der Waals surface area contributed by atoms with E-state index in [1.807, 2.05) is 20.0 Å². The molecule has 112 valence electrons. The van der Waals surface area contributed by atoms with Gasteiger partial charge in [-0.15, -0.1) is 11.6 Å². The van der Waals surface area contributed by atoms with Gasteiger partial charge in [0.15, 0.2) is 5.65 Å². The zero-order chi connectivity index (χ0) is 14.6. The number of pyridine rings is 1. The van der Waals surface area contributed by atoms with Crippen molar-refractivity contribution in [2.24, 2.45) is 5.92 Å². The summed E-state index contributed by atoms with van der Waals surface area (Å²) in [5.41, 5.74) is 3.02. The topological polar surface area (TPSA) is 39.9 Å². The van der Waals surface area contributed by atoms with Gasteiger partial charge >= 0.3 is 0 Å². The fourth-order valence-corrected chi connectivity index (χ4v) is 3.61. The molecule has 3 unspecified atom stereocenters. The standard InChI is InChI=1S/C16H20ClN3O/c1-9-7-12-16(18-8-9)20(15(19-12)10(2)17)13-5-6-21-14(13)11-3-4-11/h7-8,10-11,13-14H,3-6H2,1-2H3. The van der Waals surface area contributed by atoms with Gasteiger partial charge in [0.2, 0.25) is 0 Å². The molecule has 0 aromatic carbocycles. The fourth-order valence-electron chi connectivity index (χ4n) is 3.46. The molecule has 2 aromatic heterocycles.